The minimum atomic E-state index is -2.97. The van der Waals surface area contributed by atoms with Gasteiger partial charge in [0.1, 0.15) is 12.4 Å². The van der Waals surface area contributed by atoms with Crippen LogP contribution in [0.2, 0.25) is 0 Å². The van der Waals surface area contributed by atoms with Crippen molar-refractivity contribution in [2.75, 3.05) is 18.1 Å². The number of hydrogen-bond donors (Lipinski definition) is 2. The van der Waals surface area contributed by atoms with Crippen molar-refractivity contribution in [1.82, 2.24) is 5.32 Å². The number of nitrogens with one attached hydrogen (secondary N) is 1. The first-order valence-corrected chi connectivity index (χ1v) is 9.16. The minimum Gasteiger partial charge on any atom is -0.489 e. The fraction of sp³-hybridized carbons (Fsp3) is 0.316. The lowest BCUT2D eigenvalue weighted by atomic mass is 10.0. The van der Waals surface area contributed by atoms with Gasteiger partial charge in [-0.3, -0.25) is 4.90 Å². The highest BCUT2D eigenvalue weighted by Gasteiger charge is 2.30. The van der Waals surface area contributed by atoms with E-state index in [2.05, 4.69) is 21.2 Å². The quantitative estimate of drug-likeness (QED) is 0.712. The highest BCUT2D eigenvalue weighted by Crippen LogP contribution is 2.34. The summed E-state index contributed by atoms with van der Waals surface area (Å²) in [7, 11) is 0. The lowest BCUT2D eigenvalue weighted by Crippen LogP contribution is -2.30. The van der Waals surface area contributed by atoms with Crippen LogP contribution in [0.15, 0.2) is 46.9 Å². The number of rotatable bonds is 6. The van der Waals surface area contributed by atoms with E-state index >= 15 is 0 Å². The Balaban J connectivity index is 1.71. The van der Waals surface area contributed by atoms with E-state index in [1.54, 1.807) is 36.4 Å². The number of amides is 2. The average Bonchev–Trinajstić information content (AvgIpc) is 3.01. The van der Waals surface area contributed by atoms with Crippen molar-refractivity contribution in [3.63, 3.8) is 0 Å². The second-order valence-corrected chi connectivity index (χ2v) is 7.23. The molecule has 5 nitrogen and oxygen atoms in total. The number of nitrogens with zero attached hydrogens (tertiary/aromatic N) is 1. The number of urea groups is 1. The van der Waals surface area contributed by atoms with Gasteiger partial charge in [0.25, 0.3) is 5.92 Å². The molecule has 2 aromatic rings. The van der Waals surface area contributed by atoms with Crippen LogP contribution in [-0.4, -0.2) is 30.3 Å². The topological polar surface area (TPSA) is 61.8 Å². The summed E-state index contributed by atoms with van der Waals surface area (Å²) in [5.74, 6) is -2.48. The summed E-state index contributed by atoms with van der Waals surface area (Å²) in [6.07, 6.45) is 0. The van der Waals surface area contributed by atoms with Gasteiger partial charge in [-0.2, -0.15) is 0 Å². The van der Waals surface area contributed by atoms with E-state index in [0.717, 1.165) is 6.92 Å². The molecule has 2 amide bonds. The van der Waals surface area contributed by atoms with E-state index in [1.165, 1.54) is 11.0 Å². The molecule has 1 aliphatic rings. The van der Waals surface area contributed by atoms with E-state index in [9.17, 15) is 13.6 Å². The third-order valence-corrected chi connectivity index (χ3v) is 5.06. The number of carbonyl (C=O) groups is 1. The molecule has 1 heterocycles. The molecular weight excluding hydrogens is 422 g/mol. The molecule has 27 heavy (non-hydrogen) atoms. The van der Waals surface area contributed by atoms with Gasteiger partial charge >= 0.3 is 6.03 Å². The van der Waals surface area contributed by atoms with Crippen molar-refractivity contribution in [2.45, 2.75) is 25.5 Å². The zero-order valence-corrected chi connectivity index (χ0v) is 16.2. The molecule has 3 rings (SSSR count). The van der Waals surface area contributed by atoms with Crippen molar-refractivity contribution in [1.29, 1.82) is 0 Å². The van der Waals surface area contributed by atoms with E-state index in [-0.39, 0.29) is 30.9 Å². The van der Waals surface area contributed by atoms with Crippen LogP contribution in [0.25, 0.3) is 0 Å². The largest absolute Gasteiger partial charge is 0.489 e. The molecule has 1 aliphatic heterocycles. The zero-order chi connectivity index (χ0) is 19.6. The van der Waals surface area contributed by atoms with Crippen LogP contribution < -0.4 is 15.0 Å². The monoisotopic (exact) mass is 440 g/mol. The summed E-state index contributed by atoms with van der Waals surface area (Å²) < 4.78 is 33.8. The third-order valence-electron chi connectivity index (χ3n) is 4.32. The molecule has 0 bridgehead atoms. The molecule has 0 saturated carbocycles. The van der Waals surface area contributed by atoms with Crippen LogP contribution in [0.5, 0.6) is 5.75 Å². The molecule has 1 saturated heterocycles. The first-order valence-electron chi connectivity index (χ1n) is 8.37. The van der Waals surface area contributed by atoms with Gasteiger partial charge < -0.3 is 15.2 Å². The predicted molar refractivity (Wildman–Crippen MR) is 101 cm³/mol. The summed E-state index contributed by atoms with van der Waals surface area (Å²) in [6, 6.07) is 10.9. The number of alkyl halides is 2. The first kappa shape index (κ1) is 19.6. The van der Waals surface area contributed by atoms with E-state index in [4.69, 9.17) is 9.84 Å². The second kappa shape index (κ2) is 7.82. The number of anilines is 1. The van der Waals surface area contributed by atoms with Crippen molar-refractivity contribution in [3.05, 3.63) is 58.1 Å². The maximum atomic E-state index is 13.8. The number of halogens is 3. The predicted octanol–water partition coefficient (Wildman–Crippen LogP) is 4.03. The molecule has 0 aliphatic carbocycles. The molecule has 0 radical (unpaired) electrons. The van der Waals surface area contributed by atoms with Crippen LogP contribution >= 0.6 is 15.9 Å². The van der Waals surface area contributed by atoms with Crippen LogP contribution in [0, 0.1) is 0 Å². The molecular formula is C19H19BrF2N2O3. The molecule has 0 aromatic heterocycles. The van der Waals surface area contributed by atoms with Crippen molar-refractivity contribution < 1.29 is 23.4 Å². The second-order valence-electron chi connectivity index (χ2n) is 6.38. The van der Waals surface area contributed by atoms with Gasteiger partial charge in [0.2, 0.25) is 0 Å². The van der Waals surface area contributed by atoms with Gasteiger partial charge in [-0.15, -0.1) is 0 Å². The Bertz CT molecular complexity index is 825. The van der Waals surface area contributed by atoms with Crippen molar-refractivity contribution >= 4 is 27.6 Å². The number of benzene rings is 2. The van der Waals surface area contributed by atoms with Crippen LogP contribution in [0.1, 0.15) is 18.1 Å². The Labute approximate surface area is 164 Å². The summed E-state index contributed by atoms with van der Waals surface area (Å²) in [5.41, 5.74) is 0.966. The SMILES string of the molecule is CC(F)(F)c1cccc(Br)c1COc1ccc(N2CC(CO)NC2=O)cc1. The Morgan fingerprint density at radius 1 is 1.30 bits per heavy atom. The third kappa shape index (κ3) is 4.39. The molecule has 1 unspecified atom stereocenters. The molecule has 8 heteroatoms. The van der Waals surface area contributed by atoms with Crippen LogP contribution in [0.4, 0.5) is 19.3 Å². The fourth-order valence-electron chi connectivity index (χ4n) is 2.92. The minimum absolute atomic E-state index is 0.0175. The number of carbonyl (C=O) groups excluding carboxylic acids is 1. The number of aliphatic hydroxyl groups is 1. The molecule has 2 aromatic carbocycles. The lowest BCUT2D eigenvalue weighted by Gasteiger charge is -2.18. The Morgan fingerprint density at radius 2 is 2.00 bits per heavy atom. The van der Waals surface area contributed by atoms with Gasteiger partial charge in [-0.05, 0) is 30.3 Å². The highest BCUT2D eigenvalue weighted by atomic mass is 79.9. The number of ether oxygens (including phenoxy) is 1. The molecule has 2 N–H and O–H groups in total. The van der Waals surface area contributed by atoms with Crippen LogP contribution in [-0.2, 0) is 12.5 Å². The summed E-state index contributed by atoms with van der Waals surface area (Å²) in [5, 5.41) is 11.8. The smallest absolute Gasteiger partial charge is 0.322 e. The van der Waals surface area contributed by atoms with Gasteiger partial charge in [0.15, 0.2) is 0 Å². The van der Waals surface area contributed by atoms with Gasteiger partial charge in [-0.25, -0.2) is 13.6 Å². The van der Waals surface area contributed by atoms with Gasteiger partial charge in [0.05, 0.1) is 19.2 Å². The lowest BCUT2D eigenvalue weighted by molar-refractivity contribution is 0.0155. The summed E-state index contributed by atoms with van der Waals surface area (Å²) >= 11 is 3.30. The molecule has 1 atom stereocenters. The maximum absolute atomic E-state index is 13.8. The normalized spacial score (nSPS) is 17.1. The van der Waals surface area contributed by atoms with E-state index in [1.807, 2.05) is 0 Å². The summed E-state index contributed by atoms with van der Waals surface area (Å²) in [6.45, 7) is 1.09. The van der Waals surface area contributed by atoms with Crippen LogP contribution in [0.3, 0.4) is 0 Å². The van der Waals surface area contributed by atoms with E-state index in [0.29, 0.717) is 28.0 Å². The van der Waals surface area contributed by atoms with Crippen molar-refractivity contribution in [2.24, 2.45) is 0 Å². The highest BCUT2D eigenvalue weighted by molar-refractivity contribution is 9.10. The Morgan fingerprint density at radius 3 is 2.59 bits per heavy atom. The number of aliphatic hydroxyl groups excluding tert-OH is 1. The molecule has 1 fully saturated rings. The summed E-state index contributed by atoms with van der Waals surface area (Å²) in [4.78, 5) is 13.4. The maximum Gasteiger partial charge on any atom is 0.322 e. The zero-order valence-electron chi connectivity index (χ0n) is 14.6. The Hall–Kier alpha value is -2.19. The first-order chi connectivity index (χ1) is 12.8. The van der Waals surface area contributed by atoms with E-state index < -0.39 is 5.92 Å². The molecule has 144 valence electrons. The van der Waals surface area contributed by atoms with Crippen molar-refractivity contribution in [3.8, 4) is 5.75 Å². The number of hydrogen-bond acceptors (Lipinski definition) is 3. The fourth-order valence-corrected chi connectivity index (χ4v) is 3.40. The standard InChI is InChI=1S/C19H19BrF2N2O3/c1-19(21,22)16-3-2-4-17(20)15(16)11-27-14-7-5-13(6-8-14)24-9-12(10-25)23-18(24)26/h2-8,12,25H,9-11H2,1H3,(H,23,26). The Kier molecular flexibility index (Phi) is 5.67. The molecule has 0 spiro atoms. The van der Waals surface area contributed by atoms with Gasteiger partial charge in [0, 0.05) is 28.2 Å². The average molecular weight is 441 g/mol. The van der Waals surface area contributed by atoms with Gasteiger partial charge in [-0.1, -0.05) is 28.1 Å².